The first-order valence-electron chi connectivity index (χ1n) is 5.27. The zero-order valence-corrected chi connectivity index (χ0v) is 9.58. The van der Waals surface area contributed by atoms with E-state index in [-0.39, 0.29) is 0 Å². The molecular weight excluding hydrogens is 186 g/mol. The first kappa shape index (κ1) is 11.6. The van der Waals surface area contributed by atoms with Gasteiger partial charge in [0.2, 0.25) is 0 Å². The van der Waals surface area contributed by atoms with Gasteiger partial charge in [0.25, 0.3) is 0 Å². The topological polar surface area (TPSA) is 33.0 Å². The van der Waals surface area contributed by atoms with E-state index >= 15 is 0 Å². The maximum atomic E-state index is 8.77. The third kappa shape index (κ3) is 3.63. The highest BCUT2D eigenvalue weighted by molar-refractivity contribution is 5.41. The van der Waals surface area contributed by atoms with Crippen LogP contribution < -0.4 is 4.74 Å². The van der Waals surface area contributed by atoms with Crippen LogP contribution in [0.4, 0.5) is 0 Å². The van der Waals surface area contributed by atoms with Crippen LogP contribution >= 0.6 is 0 Å². The third-order valence-corrected chi connectivity index (χ3v) is 2.28. The van der Waals surface area contributed by atoms with Crippen molar-refractivity contribution in [3.8, 4) is 11.8 Å². The van der Waals surface area contributed by atoms with Gasteiger partial charge in [0.05, 0.1) is 18.2 Å². The van der Waals surface area contributed by atoms with E-state index in [1.165, 1.54) is 0 Å². The van der Waals surface area contributed by atoms with Crippen LogP contribution in [-0.2, 0) is 0 Å². The lowest BCUT2D eigenvalue weighted by atomic mass is 10.1. The van der Waals surface area contributed by atoms with Gasteiger partial charge in [0.15, 0.2) is 0 Å². The number of nitrogens with zero attached hydrogens (tertiary/aromatic N) is 1. The van der Waals surface area contributed by atoms with Crippen molar-refractivity contribution in [2.75, 3.05) is 6.61 Å². The predicted octanol–water partition coefficient (Wildman–Crippen LogP) is 3.29. The average molecular weight is 203 g/mol. The second-order valence-corrected chi connectivity index (χ2v) is 4.12. The maximum absolute atomic E-state index is 8.77. The van der Waals surface area contributed by atoms with Gasteiger partial charge in [-0.15, -0.1) is 0 Å². The molecule has 2 heteroatoms. The van der Waals surface area contributed by atoms with E-state index < -0.39 is 0 Å². The highest BCUT2D eigenvalue weighted by atomic mass is 16.5. The van der Waals surface area contributed by atoms with Crippen LogP contribution in [0.15, 0.2) is 18.2 Å². The molecule has 0 unspecified atom stereocenters. The van der Waals surface area contributed by atoms with Gasteiger partial charge in [-0.1, -0.05) is 13.8 Å². The minimum atomic E-state index is 0.657. The number of aryl methyl sites for hydroxylation is 1. The van der Waals surface area contributed by atoms with Gasteiger partial charge in [-0.25, -0.2) is 0 Å². The maximum Gasteiger partial charge on any atom is 0.119 e. The van der Waals surface area contributed by atoms with Crippen molar-refractivity contribution in [1.82, 2.24) is 0 Å². The first-order chi connectivity index (χ1) is 7.13. The first-order valence-corrected chi connectivity index (χ1v) is 5.27. The molecule has 0 radical (unpaired) electrons. The van der Waals surface area contributed by atoms with Crippen LogP contribution in [0.1, 0.15) is 31.4 Å². The second-order valence-electron chi connectivity index (χ2n) is 4.12. The molecule has 0 N–H and O–H groups in total. The Labute approximate surface area is 91.5 Å². The third-order valence-electron chi connectivity index (χ3n) is 2.28. The molecular formula is C13H17NO. The summed E-state index contributed by atoms with van der Waals surface area (Å²) in [5.41, 5.74) is 1.69. The summed E-state index contributed by atoms with van der Waals surface area (Å²) in [5, 5.41) is 8.77. The van der Waals surface area contributed by atoms with E-state index in [2.05, 4.69) is 19.9 Å². The summed E-state index contributed by atoms with van der Waals surface area (Å²) in [7, 11) is 0. The van der Waals surface area contributed by atoms with Crippen molar-refractivity contribution in [2.45, 2.75) is 27.2 Å². The molecule has 0 saturated heterocycles. The SMILES string of the molecule is Cc1cc(OCCC(C)C)ccc1C#N. The minimum absolute atomic E-state index is 0.657. The Balaban J connectivity index is 2.57. The van der Waals surface area contributed by atoms with E-state index in [0.29, 0.717) is 11.5 Å². The molecule has 0 amide bonds. The van der Waals surface area contributed by atoms with Crippen LogP contribution in [0.25, 0.3) is 0 Å². The van der Waals surface area contributed by atoms with Gasteiger partial charge in [-0.3, -0.25) is 0 Å². The van der Waals surface area contributed by atoms with E-state index in [4.69, 9.17) is 10.00 Å². The lowest BCUT2D eigenvalue weighted by molar-refractivity contribution is 0.289. The second kappa shape index (κ2) is 5.41. The van der Waals surface area contributed by atoms with Gasteiger partial charge in [0, 0.05) is 0 Å². The number of nitriles is 1. The number of hydrogen-bond acceptors (Lipinski definition) is 2. The number of ether oxygens (including phenoxy) is 1. The molecule has 0 aromatic heterocycles. The fourth-order valence-corrected chi connectivity index (χ4v) is 1.26. The summed E-state index contributed by atoms with van der Waals surface area (Å²) in [6, 6.07) is 7.72. The molecule has 0 bridgehead atoms. The van der Waals surface area contributed by atoms with Crippen molar-refractivity contribution in [2.24, 2.45) is 5.92 Å². The quantitative estimate of drug-likeness (QED) is 0.752. The zero-order valence-electron chi connectivity index (χ0n) is 9.58. The standard InChI is InChI=1S/C13H17NO/c1-10(2)6-7-15-13-5-4-12(9-14)11(3)8-13/h4-5,8,10H,6-7H2,1-3H3. The molecule has 0 aliphatic rings. The fourth-order valence-electron chi connectivity index (χ4n) is 1.26. The molecule has 0 aliphatic carbocycles. The van der Waals surface area contributed by atoms with Gasteiger partial charge in [-0.2, -0.15) is 5.26 Å². The lowest BCUT2D eigenvalue weighted by Crippen LogP contribution is -2.01. The monoisotopic (exact) mass is 203 g/mol. The van der Waals surface area contributed by atoms with E-state index in [1.807, 2.05) is 19.1 Å². The van der Waals surface area contributed by atoms with E-state index in [0.717, 1.165) is 24.3 Å². The summed E-state index contributed by atoms with van der Waals surface area (Å²) in [6.45, 7) is 7.01. The highest BCUT2D eigenvalue weighted by Crippen LogP contribution is 2.17. The van der Waals surface area contributed by atoms with Gasteiger partial charge in [-0.05, 0) is 43.0 Å². The molecule has 0 spiro atoms. The Morgan fingerprint density at radius 2 is 2.13 bits per heavy atom. The summed E-state index contributed by atoms with van der Waals surface area (Å²) < 4.78 is 5.59. The van der Waals surface area contributed by atoms with Crippen molar-refractivity contribution in [3.05, 3.63) is 29.3 Å². The van der Waals surface area contributed by atoms with Crippen LogP contribution in [0.5, 0.6) is 5.75 Å². The Morgan fingerprint density at radius 3 is 2.67 bits per heavy atom. The smallest absolute Gasteiger partial charge is 0.119 e. The van der Waals surface area contributed by atoms with Crippen molar-refractivity contribution in [1.29, 1.82) is 5.26 Å². The normalized spacial score (nSPS) is 10.1. The molecule has 1 rings (SSSR count). The van der Waals surface area contributed by atoms with Gasteiger partial charge in [0.1, 0.15) is 5.75 Å². The fraction of sp³-hybridized carbons (Fsp3) is 0.462. The minimum Gasteiger partial charge on any atom is -0.494 e. The van der Waals surface area contributed by atoms with Crippen LogP contribution in [-0.4, -0.2) is 6.61 Å². The molecule has 0 saturated carbocycles. The Morgan fingerprint density at radius 1 is 1.40 bits per heavy atom. The van der Waals surface area contributed by atoms with E-state index in [9.17, 15) is 0 Å². The lowest BCUT2D eigenvalue weighted by Gasteiger charge is -2.08. The molecule has 2 nitrogen and oxygen atoms in total. The Hall–Kier alpha value is -1.49. The Bertz CT molecular complexity index is 363. The van der Waals surface area contributed by atoms with Crippen molar-refractivity contribution >= 4 is 0 Å². The van der Waals surface area contributed by atoms with Crippen LogP contribution in [0.3, 0.4) is 0 Å². The van der Waals surface area contributed by atoms with E-state index in [1.54, 1.807) is 6.07 Å². The average Bonchev–Trinajstić information content (AvgIpc) is 2.17. The number of benzene rings is 1. The summed E-state index contributed by atoms with van der Waals surface area (Å²) in [6.07, 6.45) is 1.05. The van der Waals surface area contributed by atoms with Crippen LogP contribution in [0, 0.1) is 24.2 Å². The highest BCUT2D eigenvalue weighted by Gasteiger charge is 2.00. The molecule has 15 heavy (non-hydrogen) atoms. The van der Waals surface area contributed by atoms with Crippen molar-refractivity contribution < 1.29 is 4.74 Å². The molecule has 0 fully saturated rings. The number of hydrogen-bond donors (Lipinski definition) is 0. The molecule has 0 heterocycles. The molecule has 1 aromatic rings. The summed E-state index contributed by atoms with van der Waals surface area (Å²) >= 11 is 0. The zero-order chi connectivity index (χ0) is 11.3. The van der Waals surface area contributed by atoms with Crippen molar-refractivity contribution in [3.63, 3.8) is 0 Å². The molecule has 0 aliphatic heterocycles. The summed E-state index contributed by atoms with van der Waals surface area (Å²) in [4.78, 5) is 0. The number of rotatable bonds is 4. The molecule has 1 aromatic carbocycles. The van der Waals surface area contributed by atoms with Gasteiger partial charge < -0.3 is 4.74 Å². The summed E-state index contributed by atoms with van der Waals surface area (Å²) in [5.74, 6) is 1.51. The molecule has 0 atom stereocenters. The molecule has 80 valence electrons. The van der Waals surface area contributed by atoms with Gasteiger partial charge >= 0.3 is 0 Å². The van der Waals surface area contributed by atoms with Crippen LogP contribution in [0.2, 0.25) is 0 Å². The largest absolute Gasteiger partial charge is 0.494 e. The predicted molar refractivity (Wildman–Crippen MR) is 60.8 cm³/mol. The Kier molecular flexibility index (Phi) is 4.17.